The van der Waals surface area contributed by atoms with E-state index in [0.29, 0.717) is 18.2 Å². The van der Waals surface area contributed by atoms with Crippen molar-refractivity contribution in [1.82, 2.24) is 14.8 Å². The molecule has 0 atom stereocenters. The van der Waals surface area contributed by atoms with Crippen molar-refractivity contribution in [3.8, 4) is 0 Å². The second-order valence-corrected chi connectivity index (χ2v) is 5.48. The molecule has 2 rings (SSSR count). The Morgan fingerprint density at radius 2 is 2.05 bits per heavy atom. The largest absolute Gasteiger partial charge is 0.339 e. The molecule has 1 aromatic rings. The minimum Gasteiger partial charge on any atom is -0.339 e. The molecule has 1 saturated heterocycles. The molecular formula is C16H26N4O. The summed E-state index contributed by atoms with van der Waals surface area (Å²) in [5, 5.41) is 0. The molecule has 5 nitrogen and oxygen atoms in total. The van der Waals surface area contributed by atoms with Gasteiger partial charge in [0.05, 0.1) is 5.69 Å². The quantitative estimate of drug-likeness (QED) is 0.892. The summed E-state index contributed by atoms with van der Waals surface area (Å²) in [6.45, 7) is 8.60. The summed E-state index contributed by atoms with van der Waals surface area (Å²) >= 11 is 0. The Labute approximate surface area is 127 Å². The van der Waals surface area contributed by atoms with Crippen LogP contribution >= 0.6 is 0 Å². The number of carbonyl (C=O) groups excluding carboxylic acids is 1. The molecule has 0 radical (unpaired) electrons. The third-order valence-electron chi connectivity index (χ3n) is 4.35. The first-order chi connectivity index (χ1) is 10.2. The molecular weight excluding hydrogens is 264 g/mol. The SMILES string of the molecule is CCN(CC)C1CCN(C(=O)c2ccnc(CN)c2)CC1. The van der Waals surface area contributed by atoms with Gasteiger partial charge in [0.1, 0.15) is 0 Å². The molecule has 21 heavy (non-hydrogen) atoms. The van der Waals surface area contributed by atoms with Crippen LogP contribution in [0.1, 0.15) is 42.7 Å². The molecule has 1 amide bonds. The third-order valence-corrected chi connectivity index (χ3v) is 4.35. The zero-order valence-electron chi connectivity index (χ0n) is 13.1. The van der Waals surface area contributed by atoms with Gasteiger partial charge >= 0.3 is 0 Å². The van der Waals surface area contributed by atoms with E-state index in [-0.39, 0.29) is 5.91 Å². The van der Waals surface area contributed by atoms with E-state index in [2.05, 4.69) is 23.7 Å². The van der Waals surface area contributed by atoms with Gasteiger partial charge in [0.25, 0.3) is 5.91 Å². The van der Waals surface area contributed by atoms with E-state index < -0.39 is 0 Å². The summed E-state index contributed by atoms with van der Waals surface area (Å²) in [5.74, 6) is 0.102. The topological polar surface area (TPSA) is 62.5 Å². The van der Waals surface area contributed by atoms with Crippen molar-refractivity contribution in [3.63, 3.8) is 0 Å². The normalized spacial score (nSPS) is 16.5. The van der Waals surface area contributed by atoms with E-state index in [4.69, 9.17) is 5.73 Å². The van der Waals surface area contributed by atoms with Crippen molar-refractivity contribution in [2.45, 2.75) is 39.3 Å². The molecule has 0 bridgehead atoms. The molecule has 116 valence electrons. The van der Waals surface area contributed by atoms with Crippen LogP contribution in [-0.2, 0) is 6.54 Å². The fourth-order valence-electron chi connectivity index (χ4n) is 3.08. The van der Waals surface area contributed by atoms with E-state index in [0.717, 1.165) is 44.7 Å². The Balaban J connectivity index is 1.96. The van der Waals surface area contributed by atoms with Crippen LogP contribution in [0.15, 0.2) is 18.3 Å². The van der Waals surface area contributed by atoms with Gasteiger partial charge in [-0.05, 0) is 38.1 Å². The van der Waals surface area contributed by atoms with Crippen molar-refractivity contribution in [1.29, 1.82) is 0 Å². The Bertz CT molecular complexity index is 465. The van der Waals surface area contributed by atoms with Crippen LogP contribution in [0.5, 0.6) is 0 Å². The predicted molar refractivity (Wildman–Crippen MR) is 84.0 cm³/mol. The maximum atomic E-state index is 12.5. The summed E-state index contributed by atoms with van der Waals surface area (Å²) in [7, 11) is 0. The van der Waals surface area contributed by atoms with Crippen LogP contribution in [0.4, 0.5) is 0 Å². The average Bonchev–Trinajstić information content (AvgIpc) is 2.56. The van der Waals surface area contributed by atoms with Crippen molar-refractivity contribution >= 4 is 5.91 Å². The fourth-order valence-corrected chi connectivity index (χ4v) is 3.08. The third kappa shape index (κ3) is 3.80. The van der Waals surface area contributed by atoms with Crippen molar-refractivity contribution in [2.24, 2.45) is 5.73 Å². The van der Waals surface area contributed by atoms with Gasteiger partial charge in [-0.3, -0.25) is 9.78 Å². The number of aromatic nitrogens is 1. The number of rotatable bonds is 5. The van der Waals surface area contributed by atoms with E-state index in [1.165, 1.54) is 0 Å². The number of hydrogen-bond acceptors (Lipinski definition) is 4. The highest BCUT2D eigenvalue weighted by molar-refractivity contribution is 5.94. The summed E-state index contributed by atoms with van der Waals surface area (Å²) in [5.41, 5.74) is 7.05. The van der Waals surface area contributed by atoms with E-state index in [1.807, 2.05) is 4.90 Å². The molecule has 5 heteroatoms. The number of piperidine rings is 1. The van der Waals surface area contributed by atoms with E-state index in [1.54, 1.807) is 18.3 Å². The zero-order chi connectivity index (χ0) is 15.2. The highest BCUT2D eigenvalue weighted by Gasteiger charge is 2.26. The lowest BCUT2D eigenvalue weighted by Gasteiger charge is -2.37. The standard InChI is InChI=1S/C16H26N4O/c1-3-19(4-2)15-6-9-20(10-7-15)16(21)13-5-8-18-14(11-13)12-17/h5,8,11,15H,3-4,6-7,9-10,12,17H2,1-2H3. The number of nitrogens with zero attached hydrogens (tertiary/aromatic N) is 3. The minimum atomic E-state index is 0.102. The number of carbonyl (C=O) groups is 1. The molecule has 2 N–H and O–H groups in total. The molecule has 0 aliphatic carbocycles. The molecule has 0 spiro atoms. The van der Waals surface area contributed by atoms with Gasteiger partial charge in [0, 0.05) is 37.4 Å². The van der Waals surface area contributed by atoms with Crippen LogP contribution in [0.2, 0.25) is 0 Å². The summed E-state index contributed by atoms with van der Waals surface area (Å²) in [4.78, 5) is 21.1. The van der Waals surface area contributed by atoms with Crippen molar-refractivity contribution in [2.75, 3.05) is 26.2 Å². The number of likely N-dealkylation sites (tertiary alicyclic amines) is 1. The molecule has 0 aromatic carbocycles. The van der Waals surface area contributed by atoms with E-state index in [9.17, 15) is 4.79 Å². The van der Waals surface area contributed by atoms with Crippen LogP contribution in [0, 0.1) is 0 Å². The Morgan fingerprint density at radius 1 is 1.38 bits per heavy atom. The second-order valence-electron chi connectivity index (χ2n) is 5.48. The minimum absolute atomic E-state index is 0.102. The summed E-state index contributed by atoms with van der Waals surface area (Å²) in [6.07, 6.45) is 3.78. The maximum Gasteiger partial charge on any atom is 0.253 e. The number of amides is 1. The van der Waals surface area contributed by atoms with Crippen LogP contribution < -0.4 is 5.73 Å². The second kappa shape index (κ2) is 7.52. The first kappa shape index (κ1) is 15.9. The van der Waals surface area contributed by atoms with Crippen molar-refractivity contribution < 1.29 is 4.79 Å². The molecule has 0 unspecified atom stereocenters. The highest BCUT2D eigenvalue weighted by Crippen LogP contribution is 2.18. The lowest BCUT2D eigenvalue weighted by atomic mass is 10.0. The van der Waals surface area contributed by atoms with Gasteiger partial charge in [-0.15, -0.1) is 0 Å². The molecule has 1 fully saturated rings. The predicted octanol–water partition coefficient (Wildman–Crippen LogP) is 1.49. The van der Waals surface area contributed by atoms with Gasteiger partial charge in [0.2, 0.25) is 0 Å². The van der Waals surface area contributed by atoms with Gasteiger partial charge in [-0.25, -0.2) is 0 Å². The van der Waals surface area contributed by atoms with Gasteiger partial charge in [0.15, 0.2) is 0 Å². The maximum absolute atomic E-state index is 12.5. The van der Waals surface area contributed by atoms with Crippen LogP contribution in [0.25, 0.3) is 0 Å². The van der Waals surface area contributed by atoms with Gasteiger partial charge in [-0.1, -0.05) is 13.8 Å². The Morgan fingerprint density at radius 3 is 2.62 bits per heavy atom. The fraction of sp³-hybridized carbons (Fsp3) is 0.625. The summed E-state index contributed by atoms with van der Waals surface area (Å²) in [6, 6.07) is 4.19. The van der Waals surface area contributed by atoms with Gasteiger partial charge < -0.3 is 15.5 Å². The van der Waals surface area contributed by atoms with Crippen molar-refractivity contribution in [3.05, 3.63) is 29.6 Å². The molecule has 2 heterocycles. The Kier molecular flexibility index (Phi) is 5.70. The first-order valence-corrected chi connectivity index (χ1v) is 7.87. The van der Waals surface area contributed by atoms with Crippen LogP contribution in [0.3, 0.4) is 0 Å². The molecule has 1 aliphatic heterocycles. The molecule has 1 aromatic heterocycles. The summed E-state index contributed by atoms with van der Waals surface area (Å²) < 4.78 is 0. The monoisotopic (exact) mass is 290 g/mol. The molecule has 1 aliphatic rings. The van der Waals surface area contributed by atoms with E-state index >= 15 is 0 Å². The van der Waals surface area contributed by atoms with Crippen LogP contribution in [-0.4, -0.2) is 52.9 Å². The molecule has 0 saturated carbocycles. The van der Waals surface area contributed by atoms with Gasteiger partial charge in [-0.2, -0.15) is 0 Å². The number of pyridine rings is 1. The smallest absolute Gasteiger partial charge is 0.253 e. The highest BCUT2D eigenvalue weighted by atomic mass is 16.2. The zero-order valence-corrected chi connectivity index (χ0v) is 13.1. The number of hydrogen-bond donors (Lipinski definition) is 1. The lowest BCUT2D eigenvalue weighted by molar-refractivity contribution is 0.0631. The average molecular weight is 290 g/mol. The Hall–Kier alpha value is -1.46. The number of nitrogens with two attached hydrogens (primary N) is 1. The first-order valence-electron chi connectivity index (χ1n) is 7.87. The lowest BCUT2D eigenvalue weighted by Crippen LogP contribution is -2.46.